The van der Waals surface area contributed by atoms with Crippen LogP contribution in [0.25, 0.3) is 38.5 Å². The first-order valence-corrected chi connectivity index (χ1v) is 28.9. The zero-order valence-electron chi connectivity index (χ0n) is 49.3. The molecule has 4 heterocycles. The molecule has 0 atom stereocenters. The fourth-order valence-electron chi connectivity index (χ4n) is 14.2. The van der Waals surface area contributed by atoms with Crippen LogP contribution in [0.3, 0.4) is 0 Å². The van der Waals surface area contributed by atoms with Crippen LogP contribution >= 0.6 is 0 Å². The maximum absolute atomic E-state index is 7.81. The lowest BCUT2D eigenvalue weighted by atomic mass is 9.35. The zero-order valence-corrected chi connectivity index (χ0v) is 49.3. The number of benzene rings is 7. The van der Waals surface area contributed by atoms with E-state index in [1.807, 2.05) is 0 Å². The number of anilines is 6. The van der Waals surface area contributed by atoms with Gasteiger partial charge in [-0.1, -0.05) is 178 Å². The molecule has 0 radical (unpaired) electrons. The first kappa shape index (κ1) is 50.1. The molecule has 9 aromatic rings. The molecule has 4 nitrogen and oxygen atoms in total. The van der Waals surface area contributed by atoms with Crippen molar-refractivity contribution in [1.29, 1.82) is 0 Å². The molecule has 0 amide bonds. The smallest absolute Gasteiger partial charge is 0.297 e. The highest BCUT2D eigenvalue weighted by molar-refractivity contribution is 7.00. The van der Waals surface area contributed by atoms with E-state index in [4.69, 9.17) is 4.42 Å². The van der Waals surface area contributed by atoms with Gasteiger partial charge in [0.2, 0.25) is 0 Å². The summed E-state index contributed by atoms with van der Waals surface area (Å²) in [6, 6.07) is 50.4. The van der Waals surface area contributed by atoms with Crippen molar-refractivity contribution in [2.75, 3.05) is 9.80 Å². The first-order valence-electron chi connectivity index (χ1n) is 28.9. The largest absolute Gasteiger partial charge is 0.468 e. The Balaban J connectivity index is 1.24. The average Bonchev–Trinajstić information content (AvgIpc) is 4.18. The third-order valence-electron chi connectivity index (χ3n) is 19.3. The third-order valence-corrected chi connectivity index (χ3v) is 19.3. The summed E-state index contributed by atoms with van der Waals surface area (Å²) < 4.78 is 10.4. The van der Waals surface area contributed by atoms with Gasteiger partial charge in [-0.2, -0.15) is 0 Å². The molecule has 2 aromatic heterocycles. The summed E-state index contributed by atoms with van der Waals surface area (Å²) >= 11 is 0. The van der Waals surface area contributed by atoms with E-state index in [0.717, 1.165) is 54.0 Å². The molecular weight excluding hydrogens is 934 g/mol. The minimum Gasteiger partial charge on any atom is -0.468 e. The van der Waals surface area contributed by atoms with Crippen molar-refractivity contribution in [2.45, 2.75) is 181 Å². The summed E-state index contributed by atoms with van der Waals surface area (Å²) in [7, 11) is 0. The topological polar surface area (TPSA) is 24.6 Å². The van der Waals surface area contributed by atoms with Gasteiger partial charge < -0.3 is 18.8 Å². The Hall–Kier alpha value is -6.46. The van der Waals surface area contributed by atoms with Crippen molar-refractivity contribution in [3.63, 3.8) is 0 Å². The van der Waals surface area contributed by atoms with Crippen LogP contribution in [0.1, 0.15) is 182 Å². The van der Waals surface area contributed by atoms with Gasteiger partial charge in [0, 0.05) is 44.6 Å². The minimum absolute atomic E-state index is 0.00865. The van der Waals surface area contributed by atoms with Crippen molar-refractivity contribution < 1.29 is 4.42 Å². The van der Waals surface area contributed by atoms with Crippen molar-refractivity contribution in [1.82, 2.24) is 4.57 Å². The molecule has 77 heavy (non-hydrogen) atoms. The Morgan fingerprint density at radius 2 is 0.883 bits per heavy atom. The maximum atomic E-state index is 7.81. The van der Waals surface area contributed by atoms with E-state index in [2.05, 4.69) is 259 Å². The molecular formula is C72H80BN3O. The SMILES string of the molecule is CC(C)(C)c1ccc(N2c3cc(-n4c5ccccc5c5ccccc54)cc4c3B(c3cc5c(cc3N4c3cc(C(C)(C)C)cc(C(C)(C)C)c3)C(C)(C)CCC5(C)C)c3oc4cc5c(cc4c32)C(C)(C)CCC5(C)C)cc1. The van der Waals surface area contributed by atoms with E-state index in [1.165, 1.54) is 99.8 Å². The second-order valence-corrected chi connectivity index (χ2v) is 29.6. The molecule has 0 unspecified atom stereocenters. The Labute approximate surface area is 460 Å². The lowest BCUT2D eigenvalue weighted by Gasteiger charge is -2.47. The van der Waals surface area contributed by atoms with Gasteiger partial charge in [0.05, 0.1) is 28.1 Å². The van der Waals surface area contributed by atoms with Crippen LogP contribution in [-0.2, 0) is 37.9 Å². The Bertz CT molecular complexity index is 3860. The zero-order chi connectivity index (χ0) is 54.5. The monoisotopic (exact) mass is 1010 g/mol. The molecule has 0 fully saturated rings. The predicted octanol–water partition coefficient (Wildman–Crippen LogP) is 18.2. The first-order chi connectivity index (χ1) is 36.0. The van der Waals surface area contributed by atoms with Crippen LogP contribution in [-0.4, -0.2) is 11.3 Å². The van der Waals surface area contributed by atoms with Crippen LogP contribution in [0.2, 0.25) is 0 Å². The Kier molecular flexibility index (Phi) is 10.5. The summed E-state index contributed by atoms with van der Waals surface area (Å²) in [5, 5.41) is 3.70. The van der Waals surface area contributed by atoms with Gasteiger partial charge in [-0.15, -0.1) is 0 Å². The quantitative estimate of drug-likeness (QED) is 0.165. The molecule has 0 N–H and O–H groups in total. The highest BCUT2D eigenvalue weighted by atomic mass is 16.3. The van der Waals surface area contributed by atoms with E-state index in [0.29, 0.717) is 0 Å². The summed E-state index contributed by atoms with van der Waals surface area (Å²) in [4.78, 5) is 5.32. The van der Waals surface area contributed by atoms with Crippen LogP contribution < -0.4 is 26.4 Å². The lowest BCUT2D eigenvalue weighted by molar-refractivity contribution is 0.332. The fourth-order valence-corrected chi connectivity index (χ4v) is 14.2. The van der Waals surface area contributed by atoms with Gasteiger partial charge in [-0.3, -0.25) is 0 Å². The van der Waals surface area contributed by atoms with Crippen LogP contribution in [0, 0.1) is 0 Å². The highest BCUT2D eigenvalue weighted by Crippen LogP contribution is 2.55. The maximum Gasteiger partial charge on any atom is 0.297 e. The molecule has 0 saturated carbocycles. The van der Waals surface area contributed by atoms with Crippen LogP contribution in [0.5, 0.6) is 0 Å². The molecule has 4 aliphatic rings. The summed E-state index contributed by atoms with van der Waals surface area (Å²) in [6.07, 6.45) is 4.55. The minimum atomic E-state index is -0.192. The molecule has 392 valence electrons. The standard InChI is InChI=1S/C72H80BN3O/c1-66(2,3)43-26-28-46(29-27-43)76-61-38-48(74-57-24-20-18-22-49(57)50-23-19-21-25-58(50)74)37-60-63(61)73(65-64(76)51-39-52-55(42-62(51)77-65)72(16,17)33-30-69(52,10)11)56-40-53-54(71(14,15)32-31-70(53,12)13)41-59(56)75(60)47-35-44(67(4,5)6)34-45(36-47)68(7,8)9/h18-29,34-42H,30-33H2,1-17H3. The predicted molar refractivity (Wildman–Crippen MR) is 331 cm³/mol. The average molecular weight is 1010 g/mol. The second kappa shape index (κ2) is 16.1. The van der Waals surface area contributed by atoms with Gasteiger partial charge in [0.15, 0.2) is 0 Å². The molecule has 13 rings (SSSR count). The second-order valence-electron chi connectivity index (χ2n) is 29.6. The number of aromatic nitrogens is 1. The van der Waals surface area contributed by atoms with E-state index in [-0.39, 0.29) is 44.6 Å². The molecule has 0 saturated heterocycles. The van der Waals surface area contributed by atoms with E-state index in [9.17, 15) is 0 Å². The number of nitrogens with zero attached hydrogens (tertiary/aromatic N) is 3. The summed E-state index contributed by atoms with van der Waals surface area (Å²) in [5.74, 6) is 0. The van der Waals surface area contributed by atoms with Gasteiger partial charge in [-0.05, 0) is 180 Å². The van der Waals surface area contributed by atoms with E-state index < -0.39 is 0 Å². The molecule has 0 bridgehead atoms. The van der Waals surface area contributed by atoms with Gasteiger partial charge in [0.25, 0.3) is 6.71 Å². The van der Waals surface area contributed by atoms with Crippen LogP contribution in [0.15, 0.2) is 132 Å². The molecule has 5 heteroatoms. The Morgan fingerprint density at radius 3 is 1.40 bits per heavy atom. The van der Waals surface area contributed by atoms with Gasteiger partial charge in [-0.25, -0.2) is 0 Å². The molecule has 2 aliphatic carbocycles. The van der Waals surface area contributed by atoms with Crippen LogP contribution in [0.4, 0.5) is 34.1 Å². The van der Waals surface area contributed by atoms with E-state index in [1.54, 1.807) is 0 Å². The number of rotatable bonds is 3. The Morgan fingerprint density at radius 1 is 0.416 bits per heavy atom. The molecule has 0 spiro atoms. The molecule has 7 aromatic carbocycles. The number of para-hydroxylation sites is 2. The van der Waals surface area contributed by atoms with Gasteiger partial charge >= 0.3 is 0 Å². The van der Waals surface area contributed by atoms with E-state index >= 15 is 0 Å². The van der Waals surface area contributed by atoms with Gasteiger partial charge in [0.1, 0.15) is 5.58 Å². The third kappa shape index (κ3) is 7.51. The van der Waals surface area contributed by atoms with Crippen molar-refractivity contribution in [3.8, 4) is 5.69 Å². The number of hydrogen-bond donors (Lipinski definition) is 0. The number of fused-ring (bicyclic) bond motifs is 11. The number of hydrogen-bond acceptors (Lipinski definition) is 3. The van der Waals surface area contributed by atoms with Crippen molar-refractivity contribution >= 4 is 90.2 Å². The fraction of sp³-hybridized carbons (Fsp3) is 0.389. The van der Waals surface area contributed by atoms with Crippen molar-refractivity contribution in [3.05, 3.63) is 166 Å². The normalized spacial score (nSPS) is 18.1. The highest BCUT2D eigenvalue weighted by Gasteiger charge is 2.50. The summed E-state index contributed by atoms with van der Waals surface area (Å²) in [5.41, 5.74) is 24.9. The lowest BCUT2D eigenvalue weighted by Crippen LogP contribution is -2.61. The molecule has 2 aliphatic heterocycles. The number of furan rings is 1. The van der Waals surface area contributed by atoms with Crippen molar-refractivity contribution in [2.24, 2.45) is 0 Å². The summed E-state index contributed by atoms with van der Waals surface area (Å²) in [6.45, 7) is 40.7.